The predicted molar refractivity (Wildman–Crippen MR) is 168 cm³/mol. The van der Waals surface area contributed by atoms with E-state index in [9.17, 15) is 18.0 Å². The standard InChI is InChI=1S/C32H38BrN3O5S/c1-4-41-29-17-19-30(20-18-29)42(39,40)36(28-15-9-23(2)10-16-28)22-31(37)35(21-25-11-13-26(33)14-12-25)24(3)32(38)34-27-7-5-6-8-27/h9-20,24,27H,4-8,21-22H2,1-3H3,(H,34,38). The zero-order valence-electron chi connectivity index (χ0n) is 24.3. The molecule has 3 aromatic rings. The average Bonchev–Trinajstić information content (AvgIpc) is 3.49. The predicted octanol–water partition coefficient (Wildman–Crippen LogP) is 5.83. The van der Waals surface area contributed by atoms with Crippen LogP contribution < -0.4 is 14.4 Å². The molecule has 1 fully saturated rings. The molecule has 1 unspecified atom stereocenters. The number of carbonyl (C=O) groups excluding carboxylic acids is 2. The van der Waals surface area contributed by atoms with Crippen molar-refractivity contribution in [2.24, 2.45) is 0 Å². The summed E-state index contributed by atoms with van der Waals surface area (Å²) in [5, 5.41) is 3.09. The Bertz CT molecular complexity index is 1460. The van der Waals surface area contributed by atoms with Crippen LogP contribution in [-0.4, -0.2) is 50.4 Å². The van der Waals surface area contributed by atoms with Gasteiger partial charge in [0.15, 0.2) is 0 Å². The first-order valence-electron chi connectivity index (χ1n) is 14.2. The molecule has 0 spiro atoms. The number of nitrogens with zero attached hydrogens (tertiary/aromatic N) is 2. The molecule has 1 atom stereocenters. The van der Waals surface area contributed by atoms with Crippen molar-refractivity contribution in [2.45, 2.75) is 70.0 Å². The summed E-state index contributed by atoms with van der Waals surface area (Å²) >= 11 is 3.44. The van der Waals surface area contributed by atoms with Crippen molar-refractivity contribution in [3.63, 3.8) is 0 Å². The average molecular weight is 657 g/mol. The molecule has 8 nitrogen and oxygen atoms in total. The summed E-state index contributed by atoms with van der Waals surface area (Å²) in [7, 11) is -4.15. The number of halogens is 1. The van der Waals surface area contributed by atoms with E-state index < -0.39 is 28.5 Å². The van der Waals surface area contributed by atoms with Crippen LogP contribution in [0.1, 0.15) is 50.7 Å². The molecule has 10 heteroatoms. The number of benzene rings is 3. The second-order valence-electron chi connectivity index (χ2n) is 10.6. The molecule has 1 aliphatic carbocycles. The van der Waals surface area contributed by atoms with E-state index in [2.05, 4.69) is 21.2 Å². The lowest BCUT2D eigenvalue weighted by atomic mass is 10.1. The summed E-state index contributed by atoms with van der Waals surface area (Å²) in [5.41, 5.74) is 2.13. The van der Waals surface area contributed by atoms with E-state index in [1.807, 2.05) is 38.1 Å². The molecule has 3 aromatic carbocycles. The number of amides is 2. The van der Waals surface area contributed by atoms with Gasteiger partial charge in [-0.2, -0.15) is 0 Å². The normalized spacial score (nSPS) is 14.3. The van der Waals surface area contributed by atoms with E-state index in [1.165, 1.54) is 17.0 Å². The second kappa shape index (κ2) is 14.2. The number of nitrogens with one attached hydrogen (secondary N) is 1. The SMILES string of the molecule is CCOc1ccc(S(=O)(=O)N(CC(=O)N(Cc2ccc(Br)cc2)C(C)C(=O)NC2CCCC2)c2ccc(C)cc2)cc1. The van der Waals surface area contributed by atoms with Gasteiger partial charge in [0, 0.05) is 17.1 Å². The molecule has 0 heterocycles. The summed E-state index contributed by atoms with van der Waals surface area (Å²) < 4.78 is 35.5. The zero-order valence-corrected chi connectivity index (χ0v) is 26.7. The lowest BCUT2D eigenvalue weighted by molar-refractivity contribution is -0.139. The fourth-order valence-corrected chi connectivity index (χ4v) is 6.68. The molecular weight excluding hydrogens is 618 g/mol. The number of carbonyl (C=O) groups is 2. The van der Waals surface area contributed by atoms with Gasteiger partial charge in [-0.1, -0.05) is 58.6 Å². The van der Waals surface area contributed by atoms with Gasteiger partial charge < -0.3 is 15.0 Å². The zero-order chi connectivity index (χ0) is 30.3. The highest BCUT2D eigenvalue weighted by Gasteiger charge is 2.33. The first-order chi connectivity index (χ1) is 20.1. The molecule has 2 amide bonds. The van der Waals surface area contributed by atoms with Gasteiger partial charge in [-0.25, -0.2) is 8.42 Å². The third-order valence-electron chi connectivity index (χ3n) is 7.46. The van der Waals surface area contributed by atoms with Crippen molar-refractivity contribution < 1.29 is 22.7 Å². The molecule has 224 valence electrons. The molecule has 1 aliphatic rings. The smallest absolute Gasteiger partial charge is 0.264 e. The molecule has 0 aromatic heterocycles. The molecule has 0 bridgehead atoms. The van der Waals surface area contributed by atoms with Crippen LogP contribution in [0.4, 0.5) is 5.69 Å². The van der Waals surface area contributed by atoms with E-state index in [0.29, 0.717) is 18.0 Å². The minimum absolute atomic E-state index is 0.0332. The van der Waals surface area contributed by atoms with Gasteiger partial charge in [0.1, 0.15) is 18.3 Å². The van der Waals surface area contributed by atoms with Crippen molar-refractivity contribution in [2.75, 3.05) is 17.5 Å². The molecule has 4 rings (SSSR count). The summed E-state index contributed by atoms with van der Waals surface area (Å²) in [5.74, 6) is -0.178. The molecule has 42 heavy (non-hydrogen) atoms. The number of sulfonamides is 1. The van der Waals surface area contributed by atoms with Crippen LogP contribution in [0.2, 0.25) is 0 Å². The van der Waals surface area contributed by atoms with Gasteiger partial charge in [-0.15, -0.1) is 0 Å². The highest BCUT2D eigenvalue weighted by molar-refractivity contribution is 9.10. The molecule has 0 saturated heterocycles. The Morgan fingerprint density at radius 3 is 2.19 bits per heavy atom. The first-order valence-corrected chi connectivity index (χ1v) is 16.5. The van der Waals surface area contributed by atoms with E-state index in [4.69, 9.17) is 4.74 Å². The number of anilines is 1. The van der Waals surface area contributed by atoms with Gasteiger partial charge in [0.05, 0.1) is 17.2 Å². The van der Waals surface area contributed by atoms with Crippen LogP contribution in [0.15, 0.2) is 82.2 Å². The maximum absolute atomic E-state index is 14.1. The molecule has 1 N–H and O–H groups in total. The van der Waals surface area contributed by atoms with Crippen molar-refractivity contribution >= 4 is 43.5 Å². The van der Waals surface area contributed by atoms with Crippen molar-refractivity contribution in [1.29, 1.82) is 0 Å². The number of hydrogen-bond acceptors (Lipinski definition) is 5. The van der Waals surface area contributed by atoms with Crippen LogP contribution in [0.25, 0.3) is 0 Å². The van der Waals surface area contributed by atoms with Crippen LogP contribution in [0.3, 0.4) is 0 Å². The monoisotopic (exact) mass is 655 g/mol. The Labute approximate surface area is 257 Å². The molecule has 0 radical (unpaired) electrons. The lowest BCUT2D eigenvalue weighted by Crippen LogP contribution is -2.52. The van der Waals surface area contributed by atoms with Gasteiger partial charge in [0.25, 0.3) is 10.0 Å². The largest absolute Gasteiger partial charge is 0.494 e. The van der Waals surface area contributed by atoms with Crippen molar-refractivity contribution in [3.8, 4) is 5.75 Å². The Balaban J connectivity index is 1.67. The van der Waals surface area contributed by atoms with Gasteiger partial charge in [-0.3, -0.25) is 13.9 Å². The van der Waals surface area contributed by atoms with E-state index in [1.54, 1.807) is 43.3 Å². The molecule has 0 aliphatic heterocycles. The molecular formula is C32H38BrN3O5S. The number of aryl methyl sites for hydroxylation is 1. The Morgan fingerprint density at radius 1 is 0.976 bits per heavy atom. The summed E-state index contributed by atoms with van der Waals surface area (Å²) in [6, 6.07) is 19.9. The van der Waals surface area contributed by atoms with Crippen molar-refractivity contribution in [3.05, 3.63) is 88.4 Å². The summed E-state index contributed by atoms with van der Waals surface area (Å²) in [4.78, 5) is 28.9. The van der Waals surface area contributed by atoms with E-state index >= 15 is 0 Å². The third kappa shape index (κ3) is 7.92. The number of ether oxygens (including phenoxy) is 1. The maximum Gasteiger partial charge on any atom is 0.264 e. The third-order valence-corrected chi connectivity index (χ3v) is 9.78. The van der Waals surface area contributed by atoms with Crippen LogP contribution in [-0.2, 0) is 26.2 Å². The van der Waals surface area contributed by atoms with E-state index in [-0.39, 0.29) is 23.4 Å². The minimum atomic E-state index is -4.15. The quantitative estimate of drug-likeness (QED) is 0.265. The highest BCUT2D eigenvalue weighted by Crippen LogP contribution is 2.27. The molecule has 1 saturated carbocycles. The van der Waals surface area contributed by atoms with E-state index in [0.717, 1.165) is 45.6 Å². The summed E-state index contributed by atoms with van der Waals surface area (Å²) in [6.07, 6.45) is 3.97. The highest BCUT2D eigenvalue weighted by atomic mass is 79.9. The number of rotatable bonds is 12. The first kappa shape index (κ1) is 31.6. The van der Waals surface area contributed by atoms with Crippen LogP contribution in [0, 0.1) is 6.92 Å². The summed E-state index contributed by atoms with van der Waals surface area (Å²) in [6.45, 7) is 5.58. The van der Waals surface area contributed by atoms with Crippen LogP contribution in [0.5, 0.6) is 5.75 Å². The topological polar surface area (TPSA) is 96.0 Å². The fraction of sp³-hybridized carbons (Fsp3) is 0.375. The second-order valence-corrected chi connectivity index (χ2v) is 13.3. The van der Waals surface area contributed by atoms with Gasteiger partial charge in [0.2, 0.25) is 11.8 Å². The fourth-order valence-electron chi connectivity index (χ4n) is 5.00. The number of hydrogen-bond donors (Lipinski definition) is 1. The lowest BCUT2D eigenvalue weighted by Gasteiger charge is -2.32. The Kier molecular flexibility index (Phi) is 10.7. The van der Waals surface area contributed by atoms with Gasteiger partial charge >= 0.3 is 0 Å². The minimum Gasteiger partial charge on any atom is -0.494 e. The Morgan fingerprint density at radius 2 is 1.60 bits per heavy atom. The maximum atomic E-state index is 14.1. The Hall–Kier alpha value is -3.37. The van der Waals surface area contributed by atoms with Crippen LogP contribution >= 0.6 is 15.9 Å². The van der Waals surface area contributed by atoms with Gasteiger partial charge in [-0.05, 0) is 87.7 Å². The van der Waals surface area contributed by atoms with Crippen molar-refractivity contribution in [1.82, 2.24) is 10.2 Å².